The lowest BCUT2D eigenvalue weighted by Crippen LogP contribution is -2.14. The van der Waals surface area contributed by atoms with Gasteiger partial charge in [-0.2, -0.15) is 4.51 Å². The topological polar surface area (TPSA) is 29.4 Å². The number of hydrogen-bond donors (Lipinski definition) is 0. The van der Waals surface area contributed by atoms with Crippen molar-refractivity contribution in [3.05, 3.63) is 22.2 Å². The molecule has 58 valence electrons. The van der Waals surface area contributed by atoms with E-state index in [-0.39, 0.29) is 10.7 Å². The predicted molar refractivity (Wildman–Crippen MR) is 46.2 cm³/mol. The molecule has 2 nitrogen and oxygen atoms in total. The van der Waals surface area contributed by atoms with E-state index in [0.29, 0.717) is 5.03 Å². The maximum Gasteiger partial charge on any atom is 0.223 e. The van der Waals surface area contributed by atoms with Crippen molar-refractivity contribution in [3.8, 4) is 0 Å². The van der Waals surface area contributed by atoms with E-state index in [1.54, 1.807) is 0 Å². The van der Waals surface area contributed by atoms with E-state index in [2.05, 4.69) is 4.51 Å². The summed E-state index contributed by atoms with van der Waals surface area (Å²) in [5.74, 6) is -0.411. The first-order valence-corrected chi connectivity index (χ1v) is 3.72. The highest BCUT2D eigenvalue weighted by molar-refractivity contribution is 6.64. The molecule has 1 aliphatic carbocycles. The Kier molecular flexibility index (Phi) is 2.71. The molecule has 0 radical (unpaired) electrons. The monoisotopic (exact) mass is 209 g/mol. The summed E-state index contributed by atoms with van der Waals surface area (Å²) < 4.78 is 3.18. The van der Waals surface area contributed by atoms with Crippen LogP contribution in [0.4, 0.5) is 0 Å². The Bertz CT molecular complexity index is 290. The smallest absolute Gasteiger partial charge is 0.223 e. The van der Waals surface area contributed by atoms with E-state index in [9.17, 15) is 4.79 Å². The Hall–Kier alpha value is -0.310. The molecule has 0 atom stereocenters. The van der Waals surface area contributed by atoms with Crippen molar-refractivity contribution < 1.29 is 4.79 Å². The molecule has 0 saturated carbocycles. The summed E-state index contributed by atoms with van der Waals surface area (Å²) in [5.41, 5.74) is 0.0594. The van der Waals surface area contributed by atoms with Crippen LogP contribution in [0.15, 0.2) is 26.7 Å². The van der Waals surface area contributed by atoms with Gasteiger partial charge >= 0.3 is 0 Å². The molecule has 1 aliphatic rings. The fourth-order valence-corrected chi connectivity index (χ4v) is 1.22. The zero-order chi connectivity index (χ0) is 8.43. The molecule has 11 heavy (non-hydrogen) atoms. The first-order valence-electron chi connectivity index (χ1n) is 2.63. The second-order valence-electron chi connectivity index (χ2n) is 1.82. The van der Waals surface area contributed by atoms with Gasteiger partial charge in [0.2, 0.25) is 5.78 Å². The summed E-state index contributed by atoms with van der Waals surface area (Å²) >= 11 is 16.1. The average Bonchev–Trinajstić information content (AvgIpc) is 1.96. The largest absolute Gasteiger partial charge is 0.286 e. The Labute approximate surface area is 78.3 Å². The summed E-state index contributed by atoms with van der Waals surface area (Å²) in [6.45, 7) is 0. The van der Waals surface area contributed by atoms with Crippen molar-refractivity contribution in [2.24, 2.45) is 4.51 Å². The van der Waals surface area contributed by atoms with Crippen LogP contribution in [0.2, 0.25) is 0 Å². The van der Waals surface area contributed by atoms with Crippen LogP contribution in [0.25, 0.3) is 0 Å². The fraction of sp³-hybridized carbons (Fsp3) is 0. The molecular formula is C6H2Cl3NO. The maximum absolute atomic E-state index is 11.0. The number of nitrogens with zero attached hydrogens (tertiary/aromatic N) is 1. The van der Waals surface area contributed by atoms with Crippen LogP contribution in [0.3, 0.4) is 0 Å². The standard InChI is InChI=1S/C6H2Cl3NO/c7-3-1-4(8)6(11)5(2-3)10-9/h1-2H/b10-5+. The van der Waals surface area contributed by atoms with Crippen molar-refractivity contribution in [3.63, 3.8) is 0 Å². The normalized spacial score (nSPS) is 21.7. The second-order valence-corrected chi connectivity index (χ2v) is 2.83. The van der Waals surface area contributed by atoms with Crippen LogP contribution in [0.1, 0.15) is 0 Å². The molecular weight excluding hydrogens is 208 g/mol. The molecule has 0 aromatic heterocycles. The van der Waals surface area contributed by atoms with Gasteiger partial charge in [-0.15, -0.1) is 0 Å². The number of Topliss-reactive ketones (excluding diaryl/α,β-unsaturated/α-hetero) is 1. The van der Waals surface area contributed by atoms with Gasteiger partial charge in [0, 0.05) is 16.8 Å². The summed E-state index contributed by atoms with van der Waals surface area (Å²) in [7, 11) is 0. The Balaban J connectivity index is 3.10. The Morgan fingerprint density at radius 1 is 1.27 bits per heavy atom. The summed E-state index contributed by atoms with van der Waals surface area (Å²) in [4.78, 5) is 11.0. The van der Waals surface area contributed by atoms with Gasteiger partial charge in [-0.1, -0.05) is 23.2 Å². The van der Waals surface area contributed by atoms with Gasteiger partial charge in [0.1, 0.15) is 5.71 Å². The zero-order valence-electron chi connectivity index (χ0n) is 5.14. The van der Waals surface area contributed by atoms with Crippen molar-refractivity contribution in [1.29, 1.82) is 0 Å². The minimum absolute atomic E-state index is 0.0249. The molecule has 0 aromatic rings. The fourth-order valence-electron chi connectivity index (χ4n) is 0.610. The number of halogens is 3. The number of carbonyl (C=O) groups is 1. The third-order valence-electron chi connectivity index (χ3n) is 1.08. The van der Waals surface area contributed by atoms with E-state index < -0.39 is 5.78 Å². The molecule has 0 spiro atoms. The lowest BCUT2D eigenvalue weighted by molar-refractivity contribution is -0.109. The van der Waals surface area contributed by atoms with Gasteiger partial charge in [-0.05, 0) is 12.2 Å². The van der Waals surface area contributed by atoms with Crippen LogP contribution in [-0.2, 0) is 4.79 Å². The van der Waals surface area contributed by atoms with Gasteiger partial charge in [0.25, 0.3) is 0 Å². The van der Waals surface area contributed by atoms with Crippen LogP contribution >= 0.6 is 35.0 Å². The van der Waals surface area contributed by atoms with Gasteiger partial charge in [0.15, 0.2) is 0 Å². The van der Waals surface area contributed by atoms with Crippen molar-refractivity contribution in [2.45, 2.75) is 0 Å². The third kappa shape index (κ3) is 1.83. The first-order chi connectivity index (χ1) is 5.15. The quantitative estimate of drug-likeness (QED) is 0.565. The second kappa shape index (κ2) is 3.39. The van der Waals surface area contributed by atoms with Gasteiger partial charge in [-0.25, -0.2) is 0 Å². The first kappa shape index (κ1) is 8.78. The zero-order valence-corrected chi connectivity index (χ0v) is 7.41. The third-order valence-corrected chi connectivity index (χ3v) is 1.76. The molecule has 1 rings (SSSR count). The minimum Gasteiger partial charge on any atom is -0.286 e. The predicted octanol–water partition coefficient (Wildman–Crippen LogP) is 2.41. The average molecular weight is 210 g/mol. The molecule has 0 bridgehead atoms. The highest BCUT2D eigenvalue weighted by atomic mass is 35.5. The van der Waals surface area contributed by atoms with Gasteiger partial charge in [0.05, 0.1) is 5.03 Å². The number of carbonyl (C=O) groups excluding carboxylic acids is 1. The molecule has 5 heteroatoms. The molecule has 0 unspecified atom stereocenters. The Morgan fingerprint density at radius 3 is 2.45 bits per heavy atom. The van der Waals surface area contributed by atoms with Crippen LogP contribution in [0.5, 0.6) is 0 Å². The van der Waals surface area contributed by atoms with E-state index in [1.165, 1.54) is 12.2 Å². The van der Waals surface area contributed by atoms with Gasteiger partial charge < -0.3 is 0 Å². The summed E-state index contributed by atoms with van der Waals surface area (Å²) in [6.07, 6.45) is 2.69. The molecule has 0 heterocycles. The highest BCUT2D eigenvalue weighted by Crippen LogP contribution is 2.18. The number of ketones is 1. The molecule has 0 fully saturated rings. The minimum atomic E-state index is -0.411. The summed E-state index contributed by atoms with van der Waals surface area (Å²) in [6, 6.07) is 0. The van der Waals surface area contributed by atoms with E-state index >= 15 is 0 Å². The lowest BCUT2D eigenvalue weighted by atomic mass is 10.1. The van der Waals surface area contributed by atoms with E-state index in [4.69, 9.17) is 35.0 Å². The highest BCUT2D eigenvalue weighted by Gasteiger charge is 2.17. The van der Waals surface area contributed by atoms with Crippen LogP contribution < -0.4 is 0 Å². The Morgan fingerprint density at radius 2 is 1.91 bits per heavy atom. The molecule has 0 N–H and O–H groups in total. The van der Waals surface area contributed by atoms with E-state index in [0.717, 1.165) is 0 Å². The number of rotatable bonds is 0. The summed E-state index contributed by atoms with van der Waals surface area (Å²) in [5, 5.41) is 0.367. The number of allylic oxidation sites excluding steroid dienone is 4. The van der Waals surface area contributed by atoms with Crippen molar-refractivity contribution >= 4 is 46.5 Å². The SMILES string of the molecule is O=C1C(Cl)=CC(Cl)=C/C1=N\Cl. The van der Waals surface area contributed by atoms with Crippen molar-refractivity contribution in [2.75, 3.05) is 0 Å². The van der Waals surface area contributed by atoms with Crippen LogP contribution in [0, 0.1) is 0 Å². The lowest BCUT2D eigenvalue weighted by Gasteiger charge is -2.03. The van der Waals surface area contributed by atoms with E-state index in [1.807, 2.05) is 0 Å². The molecule has 0 saturated heterocycles. The van der Waals surface area contributed by atoms with Gasteiger partial charge in [-0.3, -0.25) is 4.79 Å². The molecule has 0 amide bonds. The molecule has 0 aliphatic heterocycles. The van der Waals surface area contributed by atoms with Crippen LogP contribution in [-0.4, -0.2) is 11.5 Å². The van der Waals surface area contributed by atoms with Crippen molar-refractivity contribution in [1.82, 2.24) is 0 Å². The maximum atomic E-state index is 11.0. The molecule has 0 aromatic carbocycles. The number of hydrogen-bond acceptors (Lipinski definition) is 2.